The smallest absolute Gasteiger partial charge is 0.356 e. The lowest BCUT2D eigenvalue weighted by molar-refractivity contribution is 0.515. The highest BCUT2D eigenvalue weighted by molar-refractivity contribution is 5.73. The molecule has 1 aromatic heterocycles. The SMILES string of the molecule is Cc1c(-c2ccccc2)oc(=O)c(C#N)c1N1CCCCC1. The Hall–Kier alpha value is -2.54. The predicted molar refractivity (Wildman–Crippen MR) is 85.9 cm³/mol. The van der Waals surface area contributed by atoms with E-state index in [-0.39, 0.29) is 5.56 Å². The van der Waals surface area contributed by atoms with Crippen LogP contribution in [0.25, 0.3) is 11.3 Å². The summed E-state index contributed by atoms with van der Waals surface area (Å²) in [7, 11) is 0. The summed E-state index contributed by atoms with van der Waals surface area (Å²) in [4.78, 5) is 14.4. The second-order valence-corrected chi connectivity index (χ2v) is 5.59. The summed E-state index contributed by atoms with van der Waals surface area (Å²) in [5.41, 5.74) is 2.05. The second-order valence-electron chi connectivity index (χ2n) is 5.59. The Bertz CT molecular complexity index is 766. The van der Waals surface area contributed by atoms with Crippen LogP contribution in [-0.2, 0) is 0 Å². The lowest BCUT2D eigenvalue weighted by Crippen LogP contribution is -2.32. The third-order valence-electron chi connectivity index (χ3n) is 4.15. The topological polar surface area (TPSA) is 57.2 Å². The van der Waals surface area contributed by atoms with E-state index in [0.29, 0.717) is 5.76 Å². The van der Waals surface area contributed by atoms with Crippen LogP contribution >= 0.6 is 0 Å². The molecule has 4 nitrogen and oxygen atoms in total. The first-order valence-electron chi connectivity index (χ1n) is 7.60. The van der Waals surface area contributed by atoms with Gasteiger partial charge in [-0.1, -0.05) is 30.3 Å². The fourth-order valence-corrected chi connectivity index (χ4v) is 3.09. The van der Waals surface area contributed by atoms with Crippen molar-refractivity contribution < 1.29 is 4.42 Å². The lowest BCUT2D eigenvalue weighted by Gasteiger charge is -2.30. The standard InChI is InChI=1S/C18H18N2O2/c1-13-16(20-10-6-3-7-11-20)15(12-19)18(21)22-17(13)14-8-4-2-5-9-14/h2,4-5,8-9H,3,6-7,10-11H2,1H3. The van der Waals surface area contributed by atoms with E-state index in [4.69, 9.17) is 4.42 Å². The van der Waals surface area contributed by atoms with E-state index in [1.807, 2.05) is 43.3 Å². The minimum atomic E-state index is -0.549. The molecule has 2 aromatic rings. The molecule has 0 aliphatic carbocycles. The van der Waals surface area contributed by atoms with Crippen LogP contribution in [0.4, 0.5) is 5.69 Å². The van der Waals surface area contributed by atoms with Crippen LogP contribution in [0, 0.1) is 18.3 Å². The molecule has 0 atom stereocenters. The molecule has 1 fully saturated rings. The van der Waals surface area contributed by atoms with Crippen molar-refractivity contribution in [3.8, 4) is 17.4 Å². The van der Waals surface area contributed by atoms with Crippen molar-refractivity contribution in [2.75, 3.05) is 18.0 Å². The molecule has 0 unspecified atom stereocenters. The summed E-state index contributed by atoms with van der Waals surface area (Å²) in [5, 5.41) is 9.38. The van der Waals surface area contributed by atoms with Crippen LogP contribution in [0.15, 0.2) is 39.5 Å². The van der Waals surface area contributed by atoms with Crippen molar-refractivity contribution >= 4 is 5.69 Å². The van der Waals surface area contributed by atoms with E-state index in [2.05, 4.69) is 4.90 Å². The number of piperidine rings is 1. The first-order chi connectivity index (χ1) is 10.7. The van der Waals surface area contributed by atoms with Gasteiger partial charge in [0.15, 0.2) is 5.56 Å². The number of hydrogen-bond donors (Lipinski definition) is 0. The first kappa shape index (κ1) is 14.4. The molecule has 0 N–H and O–H groups in total. The second kappa shape index (κ2) is 6.07. The number of anilines is 1. The average molecular weight is 294 g/mol. The van der Waals surface area contributed by atoms with Crippen LogP contribution in [-0.4, -0.2) is 13.1 Å². The highest BCUT2D eigenvalue weighted by Crippen LogP contribution is 2.32. The van der Waals surface area contributed by atoms with Gasteiger partial charge in [0.05, 0.1) is 5.69 Å². The Morgan fingerprint density at radius 3 is 2.45 bits per heavy atom. The molecule has 0 spiro atoms. The van der Waals surface area contributed by atoms with Crippen molar-refractivity contribution in [1.82, 2.24) is 0 Å². The van der Waals surface area contributed by atoms with Crippen molar-refractivity contribution in [3.05, 3.63) is 51.9 Å². The summed E-state index contributed by atoms with van der Waals surface area (Å²) in [6.07, 6.45) is 3.38. The maximum atomic E-state index is 12.2. The molecule has 1 aliphatic heterocycles. The maximum absolute atomic E-state index is 12.2. The van der Waals surface area contributed by atoms with Crippen LogP contribution < -0.4 is 10.5 Å². The Morgan fingerprint density at radius 1 is 1.14 bits per heavy atom. The summed E-state index contributed by atoms with van der Waals surface area (Å²) in [5.74, 6) is 0.560. The zero-order chi connectivity index (χ0) is 15.5. The van der Waals surface area contributed by atoms with Gasteiger partial charge >= 0.3 is 5.63 Å². The summed E-state index contributed by atoms with van der Waals surface area (Å²) >= 11 is 0. The molecule has 2 heterocycles. The van der Waals surface area contributed by atoms with E-state index in [9.17, 15) is 10.1 Å². The fraction of sp³-hybridized carbons (Fsp3) is 0.333. The van der Waals surface area contributed by atoms with Gasteiger partial charge in [-0.3, -0.25) is 0 Å². The fourth-order valence-electron chi connectivity index (χ4n) is 3.09. The molecule has 1 aliphatic rings. The lowest BCUT2D eigenvalue weighted by atomic mass is 10.0. The maximum Gasteiger partial charge on any atom is 0.356 e. The number of nitriles is 1. The molecule has 22 heavy (non-hydrogen) atoms. The van der Waals surface area contributed by atoms with Gasteiger partial charge in [-0.2, -0.15) is 5.26 Å². The largest absolute Gasteiger partial charge is 0.421 e. The Labute approximate surface area is 129 Å². The van der Waals surface area contributed by atoms with E-state index in [0.717, 1.165) is 42.7 Å². The van der Waals surface area contributed by atoms with E-state index < -0.39 is 5.63 Å². The van der Waals surface area contributed by atoms with Crippen LogP contribution in [0.3, 0.4) is 0 Å². The number of hydrogen-bond acceptors (Lipinski definition) is 4. The normalized spacial score (nSPS) is 14.6. The minimum Gasteiger partial charge on any atom is -0.421 e. The molecule has 0 radical (unpaired) electrons. The van der Waals surface area contributed by atoms with E-state index >= 15 is 0 Å². The zero-order valence-electron chi connectivity index (χ0n) is 12.6. The van der Waals surface area contributed by atoms with Gasteiger partial charge in [-0.05, 0) is 26.2 Å². The van der Waals surface area contributed by atoms with Crippen molar-refractivity contribution in [2.45, 2.75) is 26.2 Å². The van der Waals surface area contributed by atoms with Crippen molar-refractivity contribution in [1.29, 1.82) is 5.26 Å². The molecule has 4 heteroatoms. The molecule has 0 amide bonds. The van der Waals surface area contributed by atoms with Gasteiger partial charge in [0.1, 0.15) is 11.8 Å². The summed E-state index contributed by atoms with van der Waals surface area (Å²) in [6, 6.07) is 11.6. The zero-order valence-corrected chi connectivity index (χ0v) is 12.6. The third kappa shape index (κ3) is 2.50. The monoisotopic (exact) mass is 294 g/mol. The molecule has 1 saturated heterocycles. The third-order valence-corrected chi connectivity index (χ3v) is 4.15. The summed E-state index contributed by atoms with van der Waals surface area (Å²) in [6.45, 7) is 3.69. The van der Waals surface area contributed by atoms with Crippen LogP contribution in [0.2, 0.25) is 0 Å². The van der Waals surface area contributed by atoms with Gasteiger partial charge in [-0.15, -0.1) is 0 Å². The Morgan fingerprint density at radius 2 is 1.82 bits per heavy atom. The minimum absolute atomic E-state index is 0.124. The predicted octanol–water partition coefficient (Wildman–Crippen LogP) is 3.48. The Balaban J connectivity index is 2.21. The van der Waals surface area contributed by atoms with Gasteiger partial charge in [-0.25, -0.2) is 4.79 Å². The quantitative estimate of drug-likeness (QED) is 0.851. The molecule has 0 bridgehead atoms. The molecule has 1 aromatic carbocycles. The molecule has 3 rings (SSSR count). The molecule has 112 valence electrons. The molecule has 0 saturated carbocycles. The van der Waals surface area contributed by atoms with Crippen LogP contribution in [0.1, 0.15) is 30.4 Å². The highest BCUT2D eigenvalue weighted by Gasteiger charge is 2.23. The number of nitrogens with zero attached hydrogens (tertiary/aromatic N) is 2. The van der Waals surface area contributed by atoms with Crippen LogP contribution in [0.5, 0.6) is 0 Å². The number of benzene rings is 1. The molecular formula is C18H18N2O2. The van der Waals surface area contributed by atoms with Crippen molar-refractivity contribution in [2.24, 2.45) is 0 Å². The van der Waals surface area contributed by atoms with E-state index in [1.54, 1.807) is 0 Å². The highest BCUT2D eigenvalue weighted by atomic mass is 16.4. The Kier molecular flexibility index (Phi) is 3.97. The van der Waals surface area contributed by atoms with E-state index in [1.165, 1.54) is 6.42 Å². The van der Waals surface area contributed by atoms with Gasteiger partial charge in [0, 0.05) is 24.2 Å². The van der Waals surface area contributed by atoms with Gasteiger partial charge < -0.3 is 9.32 Å². The van der Waals surface area contributed by atoms with Gasteiger partial charge in [0.25, 0.3) is 0 Å². The molecular weight excluding hydrogens is 276 g/mol. The number of rotatable bonds is 2. The van der Waals surface area contributed by atoms with Gasteiger partial charge in [0.2, 0.25) is 0 Å². The summed E-state index contributed by atoms with van der Waals surface area (Å²) < 4.78 is 5.44. The van der Waals surface area contributed by atoms with Crippen molar-refractivity contribution in [3.63, 3.8) is 0 Å². The first-order valence-corrected chi connectivity index (χ1v) is 7.60. The average Bonchev–Trinajstić information content (AvgIpc) is 2.57.